The second-order valence-electron chi connectivity index (χ2n) is 8.25. The summed E-state index contributed by atoms with van der Waals surface area (Å²) in [6.45, 7) is 8.22. The van der Waals surface area contributed by atoms with Gasteiger partial charge in [-0.05, 0) is 43.0 Å². The maximum atomic E-state index is 12.5. The number of aryl methyl sites for hydroxylation is 1. The number of pyridine rings is 2. The summed E-state index contributed by atoms with van der Waals surface area (Å²) in [4.78, 5) is 34.0. The minimum absolute atomic E-state index is 0.0172. The molecule has 7 nitrogen and oxygen atoms in total. The van der Waals surface area contributed by atoms with Gasteiger partial charge in [-0.1, -0.05) is 26.8 Å². The summed E-state index contributed by atoms with van der Waals surface area (Å²) in [6, 6.07) is 6.29. The number of carbonyl (C=O) groups is 1. The van der Waals surface area contributed by atoms with Gasteiger partial charge in [-0.3, -0.25) is 14.6 Å². The van der Waals surface area contributed by atoms with Gasteiger partial charge in [0.05, 0.1) is 0 Å². The van der Waals surface area contributed by atoms with Crippen molar-refractivity contribution in [2.45, 2.75) is 52.1 Å². The van der Waals surface area contributed by atoms with E-state index in [1.54, 1.807) is 18.5 Å². The highest BCUT2D eigenvalue weighted by molar-refractivity contribution is 5.87. The zero-order valence-electron chi connectivity index (χ0n) is 18.6. The number of nitrogens with zero attached hydrogens (tertiary/aromatic N) is 2. The first-order chi connectivity index (χ1) is 15.0. The van der Waals surface area contributed by atoms with Crippen LogP contribution in [0.3, 0.4) is 0 Å². The van der Waals surface area contributed by atoms with E-state index >= 15 is 0 Å². The fourth-order valence-electron chi connectivity index (χ4n) is 3.69. The number of amides is 1. The van der Waals surface area contributed by atoms with Gasteiger partial charge in [-0.25, -0.2) is 0 Å². The fraction of sp³-hybridized carbons (Fsp3) is 0.458. The Hall–Kier alpha value is -2.93. The highest BCUT2D eigenvalue weighted by Crippen LogP contribution is 2.22. The Morgan fingerprint density at radius 2 is 2.19 bits per heavy atom. The van der Waals surface area contributed by atoms with Crippen LogP contribution in [0, 0.1) is 0 Å². The van der Waals surface area contributed by atoms with Crippen LogP contribution in [0.25, 0.3) is 11.1 Å². The summed E-state index contributed by atoms with van der Waals surface area (Å²) in [5, 5.41) is 6.63. The van der Waals surface area contributed by atoms with E-state index < -0.39 is 0 Å². The Labute approximate surface area is 184 Å². The number of aromatic nitrogens is 2. The Kier molecular flexibility index (Phi) is 8.00. The van der Waals surface area contributed by atoms with Crippen LogP contribution in [0.15, 0.2) is 47.5 Å². The number of H-pyrrole nitrogens is 1. The molecule has 1 amide bonds. The molecule has 0 unspecified atom stereocenters. The molecule has 3 heterocycles. The van der Waals surface area contributed by atoms with Crippen molar-refractivity contribution in [3.63, 3.8) is 0 Å². The summed E-state index contributed by atoms with van der Waals surface area (Å²) in [7, 11) is 0. The minimum Gasteiger partial charge on any atom is -0.376 e. The first-order valence-electron chi connectivity index (χ1n) is 11.1. The monoisotopic (exact) mass is 423 g/mol. The van der Waals surface area contributed by atoms with Gasteiger partial charge in [0.25, 0.3) is 5.56 Å². The molecule has 0 bridgehead atoms. The van der Waals surface area contributed by atoms with Gasteiger partial charge in [0.15, 0.2) is 0 Å². The van der Waals surface area contributed by atoms with Crippen molar-refractivity contribution in [1.29, 1.82) is 0 Å². The Morgan fingerprint density at radius 3 is 2.97 bits per heavy atom. The highest BCUT2D eigenvalue weighted by Gasteiger charge is 2.23. The molecule has 1 aliphatic rings. The molecular formula is C24H33N5O2. The number of nitrogens with one attached hydrogen (secondary N) is 3. The molecule has 7 heteroatoms. The van der Waals surface area contributed by atoms with Crippen LogP contribution in [0.4, 0.5) is 5.69 Å². The lowest BCUT2D eigenvalue weighted by atomic mass is 10.0. The van der Waals surface area contributed by atoms with Crippen LogP contribution < -0.4 is 16.2 Å². The fourth-order valence-corrected chi connectivity index (χ4v) is 3.69. The van der Waals surface area contributed by atoms with E-state index in [4.69, 9.17) is 0 Å². The summed E-state index contributed by atoms with van der Waals surface area (Å²) in [5.41, 5.74) is 3.34. The molecule has 1 saturated heterocycles. The van der Waals surface area contributed by atoms with Crippen LogP contribution in [0.5, 0.6) is 0 Å². The SMILES string of the molecule is CCc1cc(-c2c[nH]c(=O)c(N[C@H]3CCCN(C(=O)/C=C/CNC(C)C)C3)c2)ccn1. The van der Waals surface area contributed by atoms with Crippen LogP contribution in [0.2, 0.25) is 0 Å². The number of piperidine rings is 1. The van der Waals surface area contributed by atoms with Gasteiger partial charge in [-0.15, -0.1) is 0 Å². The topological polar surface area (TPSA) is 90.1 Å². The molecule has 2 aromatic heterocycles. The van der Waals surface area contributed by atoms with E-state index in [0.717, 1.165) is 42.6 Å². The van der Waals surface area contributed by atoms with E-state index in [1.807, 2.05) is 29.2 Å². The molecule has 1 fully saturated rings. The molecule has 0 radical (unpaired) electrons. The second-order valence-corrected chi connectivity index (χ2v) is 8.25. The summed E-state index contributed by atoms with van der Waals surface area (Å²) in [6.07, 6.45) is 9.71. The van der Waals surface area contributed by atoms with Crippen molar-refractivity contribution in [2.75, 3.05) is 25.0 Å². The smallest absolute Gasteiger partial charge is 0.271 e. The average molecular weight is 424 g/mol. The molecule has 2 aromatic rings. The lowest BCUT2D eigenvalue weighted by molar-refractivity contribution is -0.127. The standard InChI is InChI=1S/C24H33N5O2/c1-4-20-13-18(9-11-26-20)19-14-22(24(31)27-15-19)28-21-7-6-12-29(16-21)23(30)8-5-10-25-17(2)3/h5,8-9,11,13-15,17,21,25,28H,4,6-7,10,12,16H2,1-3H3,(H,27,31)/b8-5+/t21-/m0/s1. The summed E-state index contributed by atoms with van der Waals surface area (Å²) in [5.74, 6) is 0.0172. The number of hydrogen-bond acceptors (Lipinski definition) is 5. The Morgan fingerprint density at radius 1 is 1.35 bits per heavy atom. The highest BCUT2D eigenvalue weighted by atomic mass is 16.2. The zero-order valence-corrected chi connectivity index (χ0v) is 18.6. The molecule has 0 saturated carbocycles. The molecule has 1 atom stereocenters. The maximum Gasteiger partial charge on any atom is 0.271 e. The average Bonchev–Trinajstić information content (AvgIpc) is 2.78. The zero-order chi connectivity index (χ0) is 22.2. The van der Waals surface area contributed by atoms with Gasteiger partial charge in [-0.2, -0.15) is 0 Å². The first kappa shape index (κ1) is 22.7. The normalized spacial score (nSPS) is 16.8. The number of aromatic amines is 1. The molecule has 0 aromatic carbocycles. The lowest BCUT2D eigenvalue weighted by Gasteiger charge is -2.33. The number of carbonyl (C=O) groups excluding carboxylic acids is 1. The molecule has 3 N–H and O–H groups in total. The Bertz CT molecular complexity index is 966. The predicted octanol–water partition coefficient (Wildman–Crippen LogP) is 2.96. The van der Waals surface area contributed by atoms with E-state index in [1.165, 1.54) is 0 Å². The third-order valence-corrected chi connectivity index (χ3v) is 5.41. The van der Waals surface area contributed by atoms with Gasteiger partial charge in [0.1, 0.15) is 5.69 Å². The third-order valence-electron chi connectivity index (χ3n) is 5.41. The number of anilines is 1. The largest absolute Gasteiger partial charge is 0.376 e. The van der Waals surface area contributed by atoms with Crippen LogP contribution in [0.1, 0.15) is 39.3 Å². The van der Waals surface area contributed by atoms with Crippen LogP contribution in [-0.4, -0.2) is 52.5 Å². The van der Waals surface area contributed by atoms with E-state index in [0.29, 0.717) is 24.8 Å². The van der Waals surface area contributed by atoms with Crippen molar-refractivity contribution in [3.8, 4) is 11.1 Å². The molecule has 0 aliphatic carbocycles. The van der Waals surface area contributed by atoms with Gasteiger partial charge in [0.2, 0.25) is 5.91 Å². The first-order valence-corrected chi connectivity index (χ1v) is 11.1. The van der Waals surface area contributed by atoms with Crippen molar-refractivity contribution in [3.05, 3.63) is 58.8 Å². The second kappa shape index (κ2) is 10.9. The van der Waals surface area contributed by atoms with Crippen LogP contribution >= 0.6 is 0 Å². The van der Waals surface area contributed by atoms with Gasteiger partial charge >= 0.3 is 0 Å². The van der Waals surface area contributed by atoms with Crippen molar-refractivity contribution in [1.82, 2.24) is 20.2 Å². The molecule has 0 spiro atoms. The van der Waals surface area contributed by atoms with Crippen molar-refractivity contribution in [2.24, 2.45) is 0 Å². The lowest BCUT2D eigenvalue weighted by Crippen LogP contribution is -2.45. The minimum atomic E-state index is -0.156. The molecular weight excluding hydrogens is 390 g/mol. The molecule has 3 rings (SSSR count). The van der Waals surface area contributed by atoms with Gasteiger partial charge in [0, 0.05) is 61.4 Å². The summed E-state index contributed by atoms with van der Waals surface area (Å²) >= 11 is 0. The number of rotatable bonds is 8. The third kappa shape index (κ3) is 6.52. The van der Waals surface area contributed by atoms with Crippen LogP contribution in [-0.2, 0) is 11.2 Å². The Balaban J connectivity index is 1.66. The van der Waals surface area contributed by atoms with Crippen molar-refractivity contribution < 1.29 is 4.79 Å². The van der Waals surface area contributed by atoms with E-state index in [9.17, 15) is 9.59 Å². The van der Waals surface area contributed by atoms with Crippen molar-refractivity contribution >= 4 is 11.6 Å². The predicted molar refractivity (Wildman–Crippen MR) is 125 cm³/mol. The molecule has 31 heavy (non-hydrogen) atoms. The van der Waals surface area contributed by atoms with E-state index in [2.05, 4.69) is 41.4 Å². The number of hydrogen-bond donors (Lipinski definition) is 3. The van der Waals surface area contributed by atoms with Gasteiger partial charge < -0.3 is 20.5 Å². The molecule has 166 valence electrons. The number of likely N-dealkylation sites (tertiary alicyclic amines) is 1. The summed E-state index contributed by atoms with van der Waals surface area (Å²) < 4.78 is 0. The molecule has 1 aliphatic heterocycles. The quantitative estimate of drug-likeness (QED) is 0.568. The van der Waals surface area contributed by atoms with E-state index in [-0.39, 0.29) is 17.5 Å². The maximum absolute atomic E-state index is 12.5.